The monoisotopic (exact) mass is 260 g/mol. The number of hydrogen-bond donors (Lipinski definition) is 3. The Kier molecular flexibility index (Phi) is 9.22. The summed E-state index contributed by atoms with van der Waals surface area (Å²) in [6.45, 7) is 4.98. The molecule has 0 radical (unpaired) electrons. The SMILES string of the molecule is CCCCNC(=O)CN(CCC(=O)O)CC(C)O. The van der Waals surface area contributed by atoms with Crippen molar-refractivity contribution in [2.75, 3.05) is 26.2 Å². The molecular formula is C12H24N2O4. The van der Waals surface area contributed by atoms with Crippen LogP contribution in [0.3, 0.4) is 0 Å². The lowest BCUT2D eigenvalue weighted by Crippen LogP contribution is -2.41. The Morgan fingerprint density at radius 1 is 1.39 bits per heavy atom. The molecule has 0 saturated carbocycles. The van der Waals surface area contributed by atoms with Gasteiger partial charge in [0, 0.05) is 19.6 Å². The Morgan fingerprint density at radius 3 is 2.56 bits per heavy atom. The molecule has 0 aromatic heterocycles. The summed E-state index contributed by atoms with van der Waals surface area (Å²) in [6.07, 6.45) is 1.32. The number of carbonyl (C=O) groups is 2. The first kappa shape index (κ1) is 16.9. The summed E-state index contributed by atoms with van der Waals surface area (Å²) in [7, 11) is 0. The molecule has 0 aliphatic rings. The number of nitrogens with one attached hydrogen (secondary N) is 1. The fraction of sp³-hybridized carbons (Fsp3) is 0.833. The predicted octanol–water partition coefficient (Wildman–Crippen LogP) is 0.0602. The molecular weight excluding hydrogens is 236 g/mol. The molecule has 0 spiro atoms. The van der Waals surface area contributed by atoms with Gasteiger partial charge in [-0.2, -0.15) is 0 Å². The first-order valence-corrected chi connectivity index (χ1v) is 6.34. The third-order valence-corrected chi connectivity index (χ3v) is 2.38. The van der Waals surface area contributed by atoms with Gasteiger partial charge in [0.05, 0.1) is 19.1 Å². The van der Waals surface area contributed by atoms with E-state index in [9.17, 15) is 14.7 Å². The number of carboxylic acid groups (broad SMARTS) is 1. The summed E-state index contributed by atoms with van der Waals surface area (Å²) >= 11 is 0. The fourth-order valence-corrected chi connectivity index (χ4v) is 1.53. The predicted molar refractivity (Wildman–Crippen MR) is 68.3 cm³/mol. The zero-order valence-corrected chi connectivity index (χ0v) is 11.2. The van der Waals surface area contributed by atoms with Gasteiger partial charge in [-0.25, -0.2) is 0 Å². The van der Waals surface area contributed by atoms with Gasteiger partial charge in [0.15, 0.2) is 0 Å². The quantitative estimate of drug-likeness (QED) is 0.483. The van der Waals surface area contributed by atoms with Crippen molar-refractivity contribution < 1.29 is 19.8 Å². The first-order valence-electron chi connectivity index (χ1n) is 6.34. The Hall–Kier alpha value is -1.14. The van der Waals surface area contributed by atoms with Gasteiger partial charge < -0.3 is 15.5 Å². The molecule has 3 N–H and O–H groups in total. The summed E-state index contributed by atoms with van der Waals surface area (Å²) in [5.41, 5.74) is 0. The Morgan fingerprint density at radius 2 is 2.06 bits per heavy atom. The van der Waals surface area contributed by atoms with Gasteiger partial charge in [0.25, 0.3) is 0 Å². The number of unbranched alkanes of at least 4 members (excludes halogenated alkanes) is 1. The minimum absolute atomic E-state index is 0.0328. The van der Waals surface area contributed by atoms with Crippen molar-refractivity contribution in [1.29, 1.82) is 0 Å². The van der Waals surface area contributed by atoms with E-state index in [0.29, 0.717) is 13.1 Å². The van der Waals surface area contributed by atoms with Gasteiger partial charge in [-0.3, -0.25) is 14.5 Å². The summed E-state index contributed by atoms with van der Waals surface area (Å²) in [5, 5.41) is 20.7. The molecule has 1 unspecified atom stereocenters. The van der Waals surface area contributed by atoms with Gasteiger partial charge in [-0.1, -0.05) is 13.3 Å². The van der Waals surface area contributed by atoms with Crippen LogP contribution in [0.5, 0.6) is 0 Å². The molecule has 0 aromatic rings. The lowest BCUT2D eigenvalue weighted by atomic mass is 10.3. The second-order valence-electron chi connectivity index (χ2n) is 4.43. The molecule has 0 fully saturated rings. The van der Waals surface area contributed by atoms with E-state index in [1.165, 1.54) is 0 Å². The van der Waals surface area contributed by atoms with Crippen molar-refractivity contribution in [2.24, 2.45) is 0 Å². The number of aliphatic hydroxyl groups is 1. The van der Waals surface area contributed by atoms with Gasteiger partial charge >= 0.3 is 5.97 Å². The van der Waals surface area contributed by atoms with E-state index < -0.39 is 12.1 Å². The van der Waals surface area contributed by atoms with Crippen LogP contribution < -0.4 is 5.32 Å². The van der Waals surface area contributed by atoms with Crippen LogP contribution in [-0.4, -0.2) is 59.3 Å². The maximum atomic E-state index is 11.6. The summed E-state index contributed by atoms with van der Waals surface area (Å²) in [4.78, 5) is 23.7. The molecule has 106 valence electrons. The van der Waals surface area contributed by atoms with Crippen molar-refractivity contribution in [3.05, 3.63) is 0 Å². The minimum atomic E-state index is -0.906. The zero-order chi connectivity index (χ0) is 14.0. The molecule has 0 aliphatic carbocycles. The summed E-state index contributed by atoms with van der Waals surface area (Å²) < 4.78 is 0. The zero-order valence-electron chi connectivity index (χ0n) is 11.2. The summed E-state index contributed by atoms with van der Waals surface area (Å²) in [5.74, 6) is -1.04. The highest BCUT2D eigenvalue weighted by Gasteiger charge is 2.13. The topological polar surface area (TPSA) is 89.9 Å². The minimum Gasteiger partial charge on any atom is -0.481 e. The highest BCUT2D eigenvalue weighted by atomic mass is 16.4. The molecule has 0 rings (SSSR count). The fourth-order valence-electron chi connectivity index (χ4n) is 1.53. The molecule has 0 bridgehead atoms. The number of amides is 1. The van der Waals surface area contributed by atoms with E-state index in [1.54, 1.807) is 11.8 Å². The third-order valence-electron chi connectivity index (χ3n) is 2.38. The van der Waals surface area contributed by atoms with Crippen molar-refractivity contribution in [3.8, 4) is 0 Å². The van der Waals surface area contributed by atoms with E-state index in [1.807, 2.05) is 6.92 Å². The van der Waals surface area contributed by atoms with Crippen LogP contribution in [-0.2, 0) is 9.59 Å². The van der Waals surface area contributed by atoms with Crippen LogP contribution in [0.4, 0.5) is 0 Å². The van der Waals surface area contributed by atoms with Crippen molar-refractivity contribution in [3.63, 3.8) is 0 Å². The average molecular weight is 260 g/mol. The van der Waals surface area contributed by atoms with Crippen LogP contribution >= 0.6 is 0 Å². The first-order chi connectivity index (χ1) is 8.45. The molecule has 0 saturated heterocycles. The van der Waals surface area contributed by atoms with Crippen LogP contribution in [0, 0.1) is 0 Å². The molecule has 6 heteroatoms. The van der Waals surface area contributed by atoms with Crippen molar-refractivity contribution in [1.82, 2.24) is 10.2 Å². The highest BCUT2D eigenvalue weighted by molar-refractivity contribution is 5.78. The lowest BCUT2D eigenvalue weighted by Gasteiger charge is -2.22. The van der Waals surface area contributed by atoms with Crippen LogP contribution in [0.1, 0.15) is 33.1 Å². The van der Waals surface area contributed by atoms with E-state index >= 15 is 0 Å². The van der Waals surface area contributed by atoms with Gasteiger partial charge in [-0.05, 0) is 13.3 Å². The second-order valence-corrected chi connectivity index (χ2v) is 4.43. The molecule has 1 amide bonds. The average Bonchev–Trinajstić information content (AvgIpc) is 2.25. The van der Waals surface area contributed by atoms with E-state index in [2.05, 4.69) is 5.32 Å². The number of nitrogens with zero attached hydrogens (tertiary/aromatic N) is 1. The van der Waals surface area contributed by atoms with E-state index in [4.69, 9.17) is 5.11 Å². The van der Waals surface area contributed by atoms with Crippen LogP contribution in [0.2, 0.25) is 0 Å². The Labute approximate surface area is 108 Å². The summed E-state index contributed by atoms with van der Waals surface area (Å²) in [6, 6.07) is 0. The lowest BCUT2D eigenvalue weighted by molar-refractivity contribution is -0.138. The Bertz CT molecular complexity index is 256. The van der Waals surface area contributed by atoms with Crippen LogP contribution in [0.15, 0.2) is 0 Å². The van der Waals surface area contributed by atoms with Gasteiger partial charge in [-0.15, -0.1) is 0 Å². The van der Waals surface area contributed by atoms with Gasteiger partial charge in [0.2, 0.25) is 5.91 Å². The third kappa shape index (κ3) is 10.0. The molecule has 0 heterocycles. The number of aliphatic hydroxyl groups excluding tert-OH is 1. The number of aliphatic carboxylic acids is 1. The molecule has 0 aromatic carbocycles. The maximum Gasteiger partial charge on any atom is 0.304 e. The smallest absolute Gasteiger partial charge is 0.304 e. The number of carboxylic acids is 1. The standard InChI is InChI=1S/C12H24N2O4/c1-3-4-6-13-11(16)9-14(8-10(2)15)7-5-12(17)18/h10,15H,3-9H2,1-2H3,(H,13,16)(H,17,18). The molecule has 0 aliphatic heterocycles. The van der Waals surface area contributed by atoms with E-state index in [0.717, 1.165) is 12.8 Å². The largest absolute Gasteiger partial charge is 0.481 e. The van der Waals surface area contributed by atoms with Gasteiger partial charge in [0.1, 0.15) is 0 Å². The second kappa shape index (κ2) is 9.85. The van der Waals surface area contributed by atoms with Crippen LogP contribution in [0.25, 0.3) is 0 Å². The van der Waals surface area contributed by atoms with Crippen molar-refractivity contribution in [2.45, 2.75) is 39.2 Å². The number of hydrogen-bond acceptors (Lipinski definition) is 4. The maximum absolute atomic E-state index is 11.6. The Balaban J connectivity index is 4.04. The number of carbonyl (C=O) groups excluding carboxylic acids is 1. The molecule has 18 heavy (non-hydrogen) atoms. The number of rotatable bonds is 10. The van der Waals surface area contributed by atoms with E-state index in [-0.39, 0.29) is 25.4 Å². The molecule has 6 nitrogen and oxygen atoms in total. The highest BCUT2D eigenvalue weighted by Crippen LogP contribution is 1.95. The molecule has 1 atom stereocenters. The van der Waals surface area contributed by atoms with Crippen molar-refractivity contribution >= 4 is 11.9 Å². The normalized spacial score (nSPS) is 12.4.